The lowest BCUT2D eigenvalue weighted by Crippen LogP contribution is -2.28. The van der Waals surface area contributed by atoms with Gasteiger partial charge in [-0.25, -0.2) is 4.79 Å². The maximum absolute atomic E-state index is 12.4. The zero-order valence-electron chi connectivity index (χ0n) is 12.1. The van der Waals surface area contributed by atoms with E-state index >= 15 is 0 Å². The highest BCUT2D eigenvalue weighted by atomic mass is 16.4. The van der Waals surface area contributed by atoms with Crippen molar-refractivity contribution in [2.24, 2.45) is 0 Å². The van der Waals surface area contributed by atoms with E-state index in [1.54, 1.807) is 13.0 Å². The first-order valence-electron chi connectivity index (χ1n) is 6.98. The number of carboxylic acid groups (broad SMARTS) is 1. The number of aromatic carboxylic acids is 1. The SMILES string of the molecule is Cc1ccc(C(=O)O)c(=O)n1Cc1cccc2ccccc12. The first-order valence-corrected chi connectivity index (χ1v) is 6.98. The lowest BCUT2D eigenvalue weighted by atomic mass is 10.0. The molecule has 1 aromatic heterocycles. The zero-order chi connectivity index (χ0) is 15.7. The van der Waals surface area contributed by atoms with Crippen molar-refractivity contribution in [3.8, 4) is 0 Å². The van der Waals surface area contributed by atoms with Gasteiger partial charge in [-0.1, -0.05) is 42.5 Å². The van der Waals surface area contributed by atoms with E-state index in [1.807, 2.05) is 42.5 Å². The third kappa shape index (κ3) is 2.39. The van der Waals surface area contributed by atoms with Crippen molar-refractivity contribution in [2.45, 2.75) is 13.5 Å². The number of hydrogen-bond acceptors (Lipinski definition) is 2. The number of benzene rings is 2. The number of carboxylic acids is 1. The molecule has 0 radical (unpaired) electrons. The topological polar surface area (TPSA) is 59.3 Å². The van der Waals surface area contributed by atoms with Gasteiger partial charge in [0.25, 0.3) is 5.56 Å². The Kier molecular flexibility index (Phi) is 3.51. The van der Waals surface area contributed by atoms with E-state index in [0.29, 0.717) is 6.54 Å². The summed E-state index contributed by atoms with van der Waals surface area (Å²) in [5.74, 6) is -1.20. The summed E-state index contributed by atoms with van der Waals surface area (Å²) in [5, 5.41) is 11.3. The Morgan fingerprint density at radius 1 is 1.05 bits per heavy atom. The van der Waals surface area contributed by atoms with Crippen LogP contribution in [0.15, 0.2) is 59.4 Å². The Hall–Kier alpha value is -2.88. The minimum absolute atomic E-state index is 0.203. The van der Waals surface area contributed by atoms with E-state index < -0.39 is 11.5 Å². The zero-order valence-corrected chi connectivity index (χ0v) is 12.1. The van der Waals surface area contributed by atoms with E-state index in [1.165, 1.54) is 10.6 Å². The number of carbonyl (C=O) groups is 1. The molecule has 3 rings (SSSR count). The Balaban J connectivity index is 2.15. The van der Waals surface area contributed by atoms with Crippen molar-refractivity contribution in [3.05, 3.63) is 81.8 Å². The van der Waals surface area contributed by atoms with Crippen molar-refractivity contribution in [1.29, 1.82) is 0 Å². The normalized spacial score (nSPS) is 10.8. The van der Waals surface area contributed by atoms with Crippen LogP contribution in [0, 0.1) is 6.92 Å². The fraction of sp³-hybridized carbons (Fsp3) is 0.111. The van der Waals surface area contributed by atoms with E-state index in [9.17, 15) is 9.59 Å². The maximum atomic E-state index is 12.4. The first-order chi connectivity index (χ1) is 10.6. The van der Waals surface area contributed by atoms with Gasteiger partial charge in [-0.05, 0) is 35.4 Å². The lowest BCUT2D eigenvalue weighted by Gasteiger charge is -2.12. The molecule has 1 heterocycles. The third-order valence-electron chi connectivity index (χ3n) is 3.83. The fourth-order valence-electron chi connectivity index (χ4n) is 2.63. The second-order valence-corrected chi connectivity index (χ2v) is 5.22. The quantitative estimate of drug-likeness (QED) is 0.807. The fourth-order valence-corrected chi connectivity index (χ4v) is 2.63. The second kappa shape index (κ2) is 5.48. The minimum Gasteiger partial charge on any atom is -0.477 e. The Morgan fingerprint density at radius 3 is 2.55 bits per heavy atom. The summed E-state index contributed by atoms with van der Waals surface area (Å²) in [7, 11) is 0. The molecule has 0 aliphatic carbocycles. The summed E-state index contributed by atoms with van der Waals surface area (Å²) >= 11 is 0. The number of fused-ring (bicyclic) bond motifs is 1. The molecule has 0 unspecified atom stereocenters. The highest BCUT2D eigenvalue weighted by molar-refractivity contribution is 5.87. The van der Waals surface area contributed by atoms with Crippen LogP contribution in [0.5, 0.6) is 0 Å². The standard InChI is InChI=1S/C18H15NO3/c1-12-9-10-16(18(21)22)17(20)19(12)11-14-7-4-6-13-5-2-3-8-15(13)14/h2-10H,11H2,1H3,(H,21,22). The largest absolute Gasteiger partial charge is 0.477 e. The predicted molar refractivity (Wildman–Crippen MR) is 85.4 cm³/mol. The van der Waals surface area contributed by atoms with Gasteiger partial charge in [-0.2, -0.15) is 0 Å². The van der Waals surface area contributed by atoms with Crippen LogP contribution in [0.1, 0.15) is 21.6 Å². The van der Waals surface area contributed by atoms with Crippen LogP contribution in [-0.2, 0) is 6.54 Å². The molecule has 3 aromatic rings. The van der Waals surface area contributed by atoms with Crippen molar-refractivity contribution in [1.82, 2.24) is 4.57 Å². The molecule has 0 saturated carbocycles. The summed E-state index contributed by atoms with van der Waals surface area (Å²) < 4.78 is 1.51. The average Bonchev–Trinajstić information content (AvgIpc) is 2.51. The number of nitrogens with zero attached hydrogens (tertiary/aromatic N) is 1. The monoisotopic (exact) mass is 293 g/mol. The number of pyridine rings is 1. The molecule has 0 atom stereocenters. The minimum atomic E-state index is -1.20. The summed E-state index contributed by atoms with van der Waals surface area (Å²) in [4.78, 5) is 23.5. The molecule has 110 valence electrons. The predicted octanol–water partition coefficient (Wildman–Crippen LogP) is 3.06. The Morgan fingerprint density at radius 2 is 1.77 bits per heavy atom. The number of rotatable bonds is 3. The lowest BCUT2D eigenvalue weighted by molar-refractivity contribution is 0.0694. The van der Waals surface area contributed by atoms with Gasteiger partial charge in [-0.15, -0.1) is 0 Å². The van der Waals surface area contributed by atoms with Crippen molar-refractivity contribution in [2.75, 3.05) is 0 Å². The van der Waals surface area contributed by atoms with Crippen molar-refractivity contribution >= 4 is 16.7 Å². The van der Waals surface area contributed by atoms with Gasteiger partial charge in [0.15, 0.2) is 0 Å². The number of aryl methyl sites for hydroxylation is 1. The summed E-state index contributed by atoms with van der Waals surface area (Å²) in [6, 6.07) is 16.9. The van der Waals surface area contributed by atoms with Gasteiger partial charge in [0.2, 0.25) is 0 Å². The molecule has 4 heteroatoms. The Bertz CT molecular complexity index is 920. The molecule has 0 aliphatic heterocycles. The van der Waals surface area contributed by atoms with E-state index in [4.69, 9.17) is 5.11 Å². The molecule has 4 nitrogen and oxygen atoms in total. The van der Waals surface area contributed by atoms with Crippen LogP contribution in [0.2, 0.25) is 0 Å². The van der Waals surface area contributed by atoms with Gasteiger partial charge in [0.05, 0.1) is 6.54 Å². The summed E-state index contributed by atoms with van der Waals surface area (Å²) in [6.45, 7) is 2.16. The molecule has 0 fully saturated rings. The summed E-state index contributed by atoms with van der Waals surface area (Å²) in [5.41, 5.74) is 1.06. The molecule has 0 amide bonds. The molecular weight excluding hydrogens is 278 g/mol. The number of hydrogen-bond donors (Lipinski definition) is 1. The highest BCUT2D eigenvalue weighted by Crippen LogP contribution is 2.19. The molecular formula is C18H15NO3. The van der Waals surface area contributed by atoms with Crippen molar-refractivity contribution in [3.63, 3.8) is 0 Å². The van der Waals surface area contributed by atoms with Crippen LogP contribution >= 0.6 is 0 Å². The van der Waals surface area contributed by atoms with E-state index in [2.05, 4.69) is 0 Å². The average molecular weight is 293 g/mol. The van der Waals surface area contributed by atoms with Crippen LogP contribution < -0.4 is 5.56 Å². The van der Waals surface area contributed by atoms with Gasteiger partial charge in [-0.3, -0.25) is 4.79 Å². The van der Waals surface area contributed by atoms with Gasteiger partial charge >= 0.3 is 5.97 Å². The summed E-state index contributed by atoms with van der Waals surface area (Å²) in [6.07, 6.45) is 0. The maximum Gasteiger partial charge on any atom is 0.341 e. The van der Waals surface area contributed by atoms with Gasteiger partial charge in [0.1, 0.15) is 5.56 Å². The third-order valence-corrected chi connectivity index (χ3v) is 3.83. The van der Waals surface area contributed by atoms with Gasteiger partial charge in [0, 0.05) is 5.69 Å². The van der Waals surface area contributed by atoms with Crippen LogP contribution in [0.4, 0.5) is 0 Å². The van der Waals surface area contributed by atoms with Crippen LogP contribution in [0.3, 0.4) is 0 Å². The molecule has 1 N–H and O–H groups in total. The molecule has 0 spiro atoms. The molecule has 0 bridgehead atoms. The van der Waals surface area contributed by atoms with E-state index in [-0.39, 0.29) is 5.56 Å². The molecule has 22 heavy (non-hydrogen) atoms. The first kappa shape index (κ1) is 14.1. The van der Waals surface area contributed by atoms with Crippen LogP contribution in [-0.4, -0.2) is 15.6 Å². The highest BCUT2D eigenvalue weighted by Gasteiger charge is 2.13. The molecule has 0 saturated heterocycles. The Labute approximate surface area is 127 Å². The van der Waals surface area contributed by atoms with E-state index in [0.717, 1.165) is 22.0 Å². The smallest absolute Gasteiger partial charge is 0.341 e. The molecule has 2 aromatic carbocycles. The van der Waals surface area contributed by atoms with Gasteiger partial charge < -0.3 is 9.67 Å². The molecule has 0 aliphatic rings. The van der Waals surface area contributed by atoms with Crippen LogP contribution in [0.25, 0.3) is 10.8 Å². The van der Waals surface area contributed by atoms with Crippen molar-refractivity contribution < 1.29 is 9.90 Å². The number of aromatic nitrogens is 1. The second-order valence-electron chi connectivity index (χ2n) is 5.22.